The summed E-state index contributed by atoms with van der Waals surface area (Å²) in [6.07, 6.45) is 0. The van der Waals surface area contributed by atoms with Crippen molar-refractivity contribution in [2.45, 2.75) is 13.8 Å². The quantitative estimate of drug-likeness (QED) is 0.514. The van der Waals surface area contributed by atoms with Crippen molar-refractivity contribution in [1.29, 1.82) is 0 Å². The molecule has 0 aliphatic rings. The maximum Gasteiger partial charge on any atom is 0.255 e. The molecule has 0 unspecified atom stereocenters. The Balaban J connectivity index is 2.23. The van der Waals surface area contributed by atoms with Gasteiger partial charge in [0, 0.05) is 16.8 Å². The molecule has 0 heterocycles. The third-order valence-electron chi connectivity index (χ3n) is 3.12. The maximum absolute atomic E-state index is 13.1. The third kappa shape index (κ3) is 3.45. The molecule has 0 fully saturated rings. The number of amides is 1. The Labute approximate surface area is 121 Å². The predicted octanol–water partition coefficient (Wildman–Crippen LogP) is 3.58. The van der Waals surface area contributed by atoms with Crippen molar-refractivity contribution in [3.05, 3.63) is 65.0 Å². The monoisotopic (exact) mass is 286 g/mol. The molecule has 0 radical (unpaired) electrons. The van der Waals surface area contributed by atoms with Gasteiger partial charge in [0.25, 0.3) is 5.91 Å². The first-order valence-corrected chi connectivity index (χ1v) is 6.38. The fraction of sp³-hybridized carbons (Fsp3) is 0.125. The van der Waals surface area contributed by atoms with Crippen molar-refractivity contribution in [3.8, 4) is 0 Å². The van der Waals surface area contributed by atoms with E-state index >= 15 is 0 Å². The van der Waals surface area contributed by atoms with Crippen LogP contribution < -0.4 is 5.32 Å². The van der Waals surface area contributed by atoms with Gasteiger partial charge in [-0.2, -0.15) is 0 Å². The van der Waals surface area contributed by atoms with Gasteiger partial charge in [-0.25, -0.2) is 4.39 Å². The molecule has 2 aromatic rings. The Morgan fingerprint density at radius 2 is 2.00 bits per heavy atom. The molecule has 0 aromatic heterocycles. The van der Waals surface area contributed by atoms with Gasteiger partial charge in [-0.3, -0.25) is 4.79 Å². The van der Waals surface area contributed by atoms with Gasteiger partial charge in [-0.1, -0.05) is 17.3 Å². The van der Waals surface area contributed by atoms with Crippen LogP contribution in [-0.4, -0.2) is 16.8 Å². The van der Waals surface area contributed by atoms with Crippen molar-refractivity contribution in [1.82, 2.24) is 0 Å². The number of halogens is 1. The summed E-state index contributed by atoms with van der Waals surface area (Å²) in [6, 6.07) is 11.0. The van der Waals surface area contributed by atoms with E-state index in [1.54, 1.807) is 38.1 Å². The first kappa shape index (κ1) is 14.7. The highest BCUT2D eigenvalue weighted by Crippen LogP contribution is 2.15. The molecule has 0 spiro atoms. The van der Waals surface area contributed by atoms with Crippen LogP contribution in [0, 0.1) is 12.7 Å². The zero-order valence-electron chi connectivity index (χ0n) is 11.7. The van der Waals surface area contributed by atoms with Crippen molar-refractivity contribution < 1.29 is 14.4 Å². The van der Waals surface area contributed by atoms with E-state index in [1.807, 2.05) is 0 Å². The highest BCUT2D eigenvalue weighted by molar-refractivity contribution is 6.06. The molecule has 0 aliphatic carbocycles. The fourth-order valence-corrected chi connectivity index (χ4v) is 1.96. The van der Waals surface area contributed by atoms with E-state index in [9.17, 15) is 9.18 Å². The molecule has 21 heavy (non-hydrogen) atoms. The molecular weight excluding hydrogens is 271 g/mol. The molecule has 0 bridgehead atoms. The number of hydrogen-bond acceptors (Lipinski definition) is 3. The second-order valence-electron chi connectivity index (χ2n) is 4.68. The van der Waals surface area contributed by atoms with Gasteiger partial charge in [0.15, 0.2) is 0 Å². The number of aryl methyl sites for hydroxylation is 1. The number of oxime groups is 1. The summed E-state index contributed by atoms with van der Waals surface area (Å²) in [5.74, 6) is -0.691. The minimum absolute atomic E-state index is 0.316. The molecule has 4 nitrogen and oxygen atoms in total. The summed E-state index contributed by atoms with van der Waals surface area (Å²) < 4.78 is 13.1. The molecule has 5 heteroatoms. The average molecular weight is 286 g/mol. The van der Waals surface area contributed by atoms with E-state index in [0.717, 1.165) is 0 Å². The topological polar surface area (TPSA) is 61.7 Å². The number of benzene rings is 2. The first-order chi connectivity index (χ1) is 10.0. The molecule has 0 aliphatic heterocycles. The zero-order chi connectivity index (χ0) is 15.4. The molecule has 108 valence electrons. The van der Waals surface area contributed by atoms with Crippen LogP contribution in [0.3, 0.4) is 0 Å². The number of carbonyl (C=O) groups excluding carboxylic acids is 1. The first-order valence-electron chi connectivity index (χ1n) is 6.38. The number of nitrogens with zero attached hydrogens (tertiary/aromatic N) is 1. The zero-order valence-corrected chi connectivity index (χ0v) is 11.7. The second kappa shape index (κ2) is 6.17. The Kier molecular flexibility index (Phi) is 4.33. The summed E-state index contributed by atoms with van der Waals surface area (Å²) in [4.78, 5) is 12.2. The van der Waals surface area contributed by atoms with Crippen molar-refractivity contribution in [2.75, 3.05) is 5.32 Å². The van der Waals surface area contributed by atoms with Crippen LogP contribution >= 0.6 is 0 Å². The summed E-state index contributed by atoms with van der Waals surface area (Å²) in [5, 5.41) is 14.6. The normalized spacial score (nSPS) is 11.3. The van der Waals surface area contributed by atoms with Gasteiger partial charge in [0.05, 0.1) is 5.71 Å². The summed E-state index contributed by atoms with van der Waals surface area (Å²) in [6.45, 7) is 3.34. The van der Waals surface area contributed by atoms with E-state index in [0.29, 0.717) is 28.1 Å². The smallest absolute Gasteiger partial charge is 0.255 e. The van der Waals surface area contributed by atoms with E-state index in [-0.39, 0.29) is 11.7 Å². The molecular formula is C16H15FN2O2. The summed E-state index contributed by atoms with van der Waals surface area (Å²) >= 11 is 0. The summed E-state index contributed by atoms with van der Waals surface area (Å²) in [5.41, 5.74) is 2.70. The van der Waals surface area contributed by atoms with Crippen LogP contribution in [0.4, 0.5) is 10.1 Å². The van der Waals surface area contributed by atoms with Crippen LogP contribution in [0.5, 0.6) is 0 Å². The minimum atomic E-state index is -0.374. The van der Waals surface area contributed by atoms with Crippen molar-refractivity contribution in [2.24, 2.45) is 5.16 Å². The van der Waals surface area contributed by atoms with Crippen LogP contribution in [0.25, 0.3) is 0 Å². The van der Waals surface area contributed by atoms with Gasteiger partial charge in [-0.05, 0) is 49.7 Å². The van der Waals surface area contributed by atoms with Crippen LogP contribution in [0.1, 0.15) is 28.4 Å². The lowest BCUT2D eigenvalue weighted by Crippen LogP contribution is -2.13. The average Bonchev–Trinajstić information content (AvgIpc) is 2.46. The molecule has 2 aromatic carbocycles. The van der Waals surface area contributed by atoms with Gasteiger partial charge in [0.2, 0.25) is 0 Å². The van der Waals surface area contributed by atoms with E-state index < -0.39 is 0 Å². The minimum Gasteiger partial charge on any atom is -0.411 e. The van der Waals surface area contributed by atoms with Crippen LogP contribution in [-0.2, 0) is 0 Å². The highest BCUT2D eigenvalue weighted by atomic mass is 19.1. The molecule has 0 saturated heterocycles. The van der Waals surface area contributed by atoms with Crippen molar-refractivity contribution >= 4 is 17.3 Å². The third-order valence-corrected chi connectivity index (χ3v) is 3.12. The fourth-order valence-electron chi connectivity index (χ4n) is 1.96. The Bertz CT molecular complexity index is 711. The lowest BCUT2D eigenvalue weighted by molar-refractivity contribution is 0.102. The van der Waals surface area contributed by atoms with E-state index in [1.165, 1.54) is 18.2 Å². The van der Waals surface area contributed by atoms with Gasteiger partial charge < -0.3 is 10.5 Å². The largest absolute Gasteiger partial charge is 0.411 e. The van der Waals surface area contributed by atoms with Gasteiger partial charge in [0.1, 0.15) is 5.82 Å². The highest BCUT2D eigenvalue weighted by Gasteiger charge is 2.10. The SMILES string of the molecule is C/C(=N/O)c1cccc(NC(=O)c2ccc(F)cc2C)c1. The number of anilines is 1. The lowest BCUT2D eigenvalue weighted by Gasteiger charge is -2.09. The number of nitrogens with one attached hydrogen (secondary N) is 1. The molecule has 0 atom stereocenters. The molecule has 2 rings (SSSR count). The number of carbonyl (C=O) groups is 1. The predicted molar refractivity (Wildman–Crippen MR) is 79.5 cm³/mol. The second-order valence-corrected chi connectivity index (χ2v) is 4.68. The Morgan fingerprint density at radius 1 is 1.24 bits per heavy atom. The van der Waals surface area contributed by atoms with Crippen LogP contribution in [0.2, 0.25) is 0 Å². The Morgan fingerprint density at radius 3 is 2.67 bits per heavy atom. The summed E-state index contributed by atoms with van der Waals surface area (Å²) in [7, 11) is 0. The van der Waals surface area contributed by atoms with Gasteiger partial charge >= 0.3 is 0 Å². The molecule has 2 N–H and O–H groups in total. The molecule has 1 amide bonds. The van der Waals surface area contributed by atoms with E-state index in [2.05, 4.69) is 10.5 Å². The Hall–Kier alpha value is -2.69. The van der Waals surface area contributed by atoms with Crippen LogP contribution in [0.15, 0.2) is 47.6 Å². The molecule has 0 saturated carbocycles. The number of rotatable bonds is 3. The van der Waals surface area contributed by atoms with E-state index in [4.69, 9.17) is 5.21 Å². The van der Waals surface area contributed by atoms with Gasteiger partial charge in [-0.15, -0.1) is 0 Å². The maximum atomic E-state index is 13.1. The standard InChI is InChI=1S/C16H15FN2O2/c1-10-8-13(17)6-7-15(10)16(20)18-14-5-3-4-12(9-14)11(2)19-21/h3-9,21H,1-2H3,(H,18,20)/b19-11-. The lowest BCUT2D eigenvalue weighted by atomic mass is 10.1. The van der Waals surface area contributed by atoms with Crippen molar-refractivity contribution in [3.63, 3.8) is 0 Å². The number of hydrogen-bond donors (Lipinski definition) is 2.